The molecule has 204 valence electrons. The summed E-state index contributed by atoms with van der Waals surface area (Å²) in [5, 5.41) is 0. The van der Waals surface area contributed by atoms with Gasteiger partial charge < -0.3 is 14.2 Å². The number of hydrogen-bond donors (Lipinski definition) is 0. The molecule has 0 bridgehead atoms. The molecule has 1 aliphatic heterocycles. The quantitative estimate of drug-likeness (QED) is 0.287. The SMILES string of the molecule is CCOC1COC(c2ccc(-c3ccc(-c4cc(F)c(C(F)(F)OC(F)(F)F)c(F)c4)c(F)c3)cc2)OC1. The minimum Gasteiger partial charge on any atom is -0.374 e. The summed E-state index contributed by atoms with van der Waals surface area (Å²) in [7, 11) is 0. The van der Waals surface area contributed by atoms with E-state index >= 15 is 0 Å². The van der Waals surface area contributed by atoms with Crippen molar-refractivity contribution in [1.82, 2.24) is 0 Å². The Kier molecular flexibility index (Phi) is 8.07. The molecule has 0 saturated carbocycles. The largest absolute Gasteiger partial charge is 0.527 e. The molecule has 4 rings (SSSR count). The minimum atomic E-state index is -5.86. The minimum absolute atomic E-state index is 0.153. The zero-order valence-electron chi connectivity index (χ0n) is 19.6. The van der Waals surface area contributed by atoms with E-state index in [1.165, 1.54) is 6.07 Å². The molecular formula is C26H20F8O4. The average Bonchev–Trinajstić information content (AvgIpc) is 2.82. The van der Waals surface area contributed by atoms with Gasteiger partial charge in [0.25, 0.3) is 0 Å². The average molecular weight is 548 g/mol. The van der Waals surface area contributed by atoms with E-state index in [-0.39, 0.29) is 11.7 Å². The Hall–Kier alpha value is -3.06. The Morgan fingerprint density at radius 1 is 0.763 bits per heavy atom. The van der Waals surface area contributed by atoms with Gasteiger partial charge in [0.15, 0.2) is 6.29 Å². The monoisotopic (exact) mass is 548 g/mol. The summed E-state index contributed by atoms with van der Waals surface area (Å²) < 4.78 is 127. The maximum Gasteiger partial charge on any atom is 0.527 e. The highest BCUT2D eigenvalue weighted by Crippen LogP contribution is 2.40. The van der Waals surface area contributed by atoms with Gasteiger partial charge in [0, 0.05) is 17.7 Å². The number of ether oxygens (including phenoxy) is 4. The van der Waals surface area contributed by atoms with Crippen molar-refractivity contribution in [2.45, 2.75) is 31.8 Å². The molecule has 0 aliphatic carbocycles. The highest BCUT2D eigenvalue weighted by Gasteiger charge is 2.49. The first-order valence-corrected chi connectivity index (χ1v) is 11.3. The van der Waals surface area contributed by atoms with E-state index in [9.17, 15) is 35.1 Å². The van der Waals surface area contributed by atoms with Crippen LogP contribution in [-0.2, 0) is 25.1 Å². The Labute approximate surface area is 211 Å². The standard InChI is InChI=1S/C26H20F8O4/c1-2-35-18-12-36-24(37-13-18)15-5-3-14(4-6-15)16-7-8-19(20(27)9-16)17-10-21(28)23(22(29)11-17)25(30,31)38-26(32,33)34/h3-11,18,24H,2,12-13H2,1H3. The number of halogens is 8. The zero-order chi connectivity index (χ0) is 27.7. The van der Waals surface area contributed by atoms with E-state index in [2.05, 4.69) is 4.74 Å². The summed E-state index contributed by atoms with van der Waals surface area (Å²) in [6.45, 7) is 3.13. The molecule has 1 aliphatic rings. The third kappa shape index (κ3) is 6.32. The number of hydrogen-bond acceptors (Lipinski definition) is 4. The molecule has 4 nitrogen and oxygen atoms in total. The molecule has 0 radical (unpaired) electrons. The first-order chi connectivity index (χ1) is 17.9. The zero-order valence-corrected chi connectivity index (χ0v) is 19.6. The van der Waals surface area contributed by atoms with Crippen molar-refractivity contribution in [2.75, 3.05) is 19.8 Å². The van der Waals surface area contributed by atoms with Crippen molar-refractivity contribution in [1.29, 1.82) is 0 Å². The fourth-order valence-corrected chi connectivity index (χ4v) is 3.97. The van der Waals surface area contributed by atoms with Gasteiger partial charge in [-0.05, 0) is 41.8 Å². The van der Waals surface area contributed by atoms with E-state index in [0.29, 0.717) is 43.1 Å². The lowest BCUT2D eigenvalue weighted by Gasteiger charge is -2.29. The molecule has 1 heterocycles. The van der Waals surface area contributed by atoms with Crippen molar-refractivity contribution in [3.8, 4) is 22.3 Å². The molecule has 1 fully saturated rings. The summed E-state index contributed by atoms with van der Waals surface area (Å²) in [5.74, 6) is -5.02. The summed E-state index contributed by atoms with van der Waals surface area (Å²) in [6, 6.07) is 11.1. The van der Waals surface area contributed by atoms with Gasteiger partial charge in [0.05, 0.1) is 13.2 Å². The van der Waals surface area contributed by atoms with Gasteiger partial charge in [-0.3, -0.25) is 0 Å². The van der Waals surface area contributed by atoms with Crippen LogP contribution in [0, 0.1) is 17.5 Å². The van der Waals surface area contributed by atoms with Crippen LogP contribution in [0.4, 0.5) is 35.1 Å². The molecule has 0 amide bonds. The molecule has 0 unspecified atom stereocenters. The Balaban J connectivity index is 1.53. The van der Waals surface area contributed by atoms with E-state index in [1.807, 2.05) is 6.92 Å². The molecule has 12 heteroatoms. The third-order valence-corrected chi connectivity index (χ3v) is 5.64. The van der Waals surface area contributed by atoms with Crippen LogP contribution in [0.1, 0.15) is 24.3 Å². The van der Waals surface area contributed by atoms with E-state index in [0.717, 1.165) is 17.7 Å². The lowest BCUT2D eigenvalue weighted by Crippen LogP contribution is -2.33. The number of benzene rings is 3. The van der Waals surface area contributed by atoms with Crippen LogP contribution in [-0.4, -0.2) is 32.3 Å². The fourth-order valence-electron chi connectivity index (χ4n) is 3.97. The fraction of sp³-hybridized carbons (Fsp3) is 0.308. The lowest BCUT2D eigenvalue weighted by molar-refractivity contribution is -0.432. The Morgan fingerprint density at radius 2 is 1.32 bits per heavy atom. The van der Waals surface area contributed by atoms with Gasteiger partial charge in [-0.2, -0.15) is 8.78 Å². The molecule has 0 spiro atoms. The summed E-state index contributed by atoms with van der Waals surface area (Å²) >= 11 is 0. The first-order valence-electron chi connectivity index (χ1n) is 11.3. The maximum absolute atomic E-state index is 14.9. The van der Waals surface area contributed by atoms with E-state index < -0.39 is 47.3 Å². The Morgan fingerprint density at radius 3 is 1.84 bits per heavy atom. The molecular weight excluding hydrogens is 528 g/mol. The smallest absolute Gasteiger partial charge is 0.374 e. The van der Waals surface area contributed by atoms with Crippen LogP contribution in [0.15, 0.2) is 54.6 Å². The predicted octanol–water partition coefficient (Wildman–Crippen LogP) is 7.47. The molecule has 3 aromatic rings. The molecule has 0 atom stereocenters. The second kappa shape index (κ2) is 11.0. The summed E-state index contributed by atoms with van der Waals surface area (Å²) in [4.78, 5) is 0. The van der Waals surface area contributed by atoms with Crippen molar-refractivity contribution in [3.63, 3.8) is 0 Å². The predicted molar refractivity (Wildman–Crippen MR) is 118 cm³/mol. The second-order valence-electron chi connectivity index (χ2n) is 8.27. The van der Waals surface area contributed by atoms with Crippen LogP contribution in [0.2, 0.25) is 0 Å². The third-order valence-electron chi connectivity index (χ3n) is 5.64. The number of rotatable bonds is 7. The van der Waals surface area contributed by atoms with Crippen LogP contribution in [0.25, 0.3) is 22.3 Å². The van der Waals surface area contributed by atoms with Crippen molar-refractivity contribution in [3.05, 3.63) is 83.2 Å². The van der Waals surface area contributed by atoms with Crippen molar-refractivity contribution in [2.24, 2.45) is 0 Å². The van der Waals surface area contributed by atoms with Crippen LogP contribution >= 0.6 is 0 Å². The lowest BCUT2D eigenvalue weighted by atomic mass is 9.97. The van der Waals surface area contributed by atoms with Gasteiger partial charge in [-0.15, -0.1) is 13.2 Å². The topological polar surface area (TPSA) is 36.9 Å². The Bertz CT molecular complexity index is 1250. The second-order valence-corrected chi connectivity index (χ2v) is 8.27. The van der Waals surface area contributed by atoms with Crippen LogP contribution < -0.4 is 0 Å². The van der Waals surface area contributed by atoms with Gasteiger partial charge in [-0.1, -0.05) is 36.4 Å². The molecule has 0 aromatic heterocycles. The molecule has 38 heavy (non-hydrogen) atoms. The summed E-state index contributed by atoms with van der Waals surface area (Å²) in [5.41, 5.74) is -1.40. The summed E-state index contributed by atoms with van der Waals surface area (Å²) in [6.07, 6.45) is -11.9. The van der Waals surface area contributed by atoms with Gasteiger partial charge in [0.2, 0.25) is 0 Å². The molecule has 0 N–H and O–H groups in total. The maximum atomic E-state index is 14.9. The van der Waals surface area contributed by atoms with E-state index in [4.69, 9.17) is 14.2 Å². The first kappa shape index (κ1) is 28.0. The molecule has 3 aromatic carbocycles. The van der Waals surface area contributed by atoms with Crippen LogP contribution in [0.3, 0.4) is 0 Å². The molecule has 1 saturated heterocycles. The van der Waals surface area contributed by atoms with Crippen molar-refractivity contribution >= 4 is 0 Å². The highest BCUT2D eigenvalue weighted by atomic mass is 19.4. The van der Waals surface area contributed by atoms with Gasteiger partial charge in [-0.25, -0.2) is 17.9 Å². The number of alkyl halides is 5. The normalized spacial score (nSPS) is 18.6. The van der Waals surface area contributed by atoms with Gasteiger partial charge >= 0.3 is 12.5 Å². The van der Waals surface area contributed by atoms with Gasteiger partial charge in [0.1, 0.15) is 29.1 Å². The highest BCUT2D eigenvalue weighted by molar-refractivity contribution is 5.71. The van der Waals surface area contributed by atoms with E-state index in [1.54, 1.807) is 24.3 Å². The van der Waals surface area contributed by atoms with Crippen LogP contribution in [0.5, 0.6) is 0 Å². The van der Waals surface area contributed by atoms with Crippen molar-refractivity contribution < 1.29 is 54.1 Å².